The second-order valence-electron chi connectivity index (χ2n) is 5.57. The maximum atomic E-state index is 4.72. The standard InChI is InChI=1S/C16H20N4/c1-12(2)16-18-9-7-15(19-16)20-10-4-6-14(20)13-5-3-8-17-11-13/h3,5,7-9,11-12,14H,4,6,10H2,1-2H3. The van der Waals surface area contributed by atoms with Crippen molar-refractivity contribution in [1.82, 2.24) is 15.0 Å². The Morgan fingerprint density at radius 1 is 1.25 bits per heavy atom. The van der Waals surface area contributed by atoms with Crippen molar-refractivity contribution in [2.45, 2.75) is 38.6 Å². The van der Waals surface area contributed by atoms with Crippen molar-refractivity contribution in [2.75, 3.05) is 11.4 Å². The van der Waals surface area contributed by atoms with Crippen LogP contribution in [0, 0.1) is 0 Å². The van der Waals surface area contributed by atoms with Crippen molar-refractivity contribution in [2.24, 2.45) is 0 Å². The van der Waals surface area contributed by atoms with Crippen molar-refractivity contribution in [3.05, 3.63) is 48.2 Å². The summed E-state index contributed by atoms with van der Waals surface area (Å²) in [4.78, 5) is 15.7. The minimum Gasteiger partial charge on any atom is -0.349 e. The highest BCUT2D eigenvalue weighted by Gasteiger charge is 2.27. The monoisotopic (exact) mass is 268 g/mol. The summed E-state index contributed by atoms with van der Waals surface area (Å²) in [6.45, 7) is 5.30. The highest BCUT2D eigenvalue weighted by Crippen LogP contribution is 2.34. The number of anilines is 1. The van der Waals surface area contributed by atoms with Crippen LogP contribution in [-0.4, -0.2) is 21.5 Å². The Morgan fingerprint density at radius 2 is 2.15 bits per heavy atom. The molecule has 0 N–H and O–H groups in total. The molecule has 2 aromatic heterocycles. The number of aromatic nitrogens is 3. The van der Waals surface area contributed by atoms with Crippen molar-refractivity contribution in [3.63, 3.8) is 0 Å². The highest BCUT2D eigenvalue weighted by atomic mass is 15.2. The molecule has 1 aliphatic rings. The smallest absolute Gasteiger partial charge is 0.133 e. The van der Waals surface area contributed by atoms with E-state index in [9.17, 15) is 0 Å². The molecule has 20 heavy (non-hydrogen) atoms. The lowest BCUT2D eigenvalue weighted by Crippen LogP contribution is -2.24. The quantitative estimate of drug-likeness (QED) is 0.856. The second kappa shape index (κ2) is 5.57. The molecule has 0 radical (unpaired) electrons. The third-order valence-corrected chi connectivity index (χ3v) is 3.79. The van der Waals surface area contributed by atoms with Crippen LogP contribution in [0.3, 0.4) is 0 Å². The zero-order chi connectivity index (χ0) is 13.9. The van der Waals surface area contributed by atoms with E-state index >= 15 is 0 Å². The van der Waals surface area contributed by atoms with E-state index in [2.05, 4.69) is 34.8 Å². The molecule has 0 amide bonds. The Hall–Kier alpha value is -1.97. The molecule has 1 atom stereocenters. The van der Waals surface area contributed by atoms with Crippen molar-refractivity contribution in [1.29, 1.82) is 0 Å². The highest BCUT2D eigenvalue weighted by molar-refractivity contribution is 5.43. The molecule has 2 aromatic rings. The molecule has 0 saturated carbocycles. The van der Waals surface area contributed by atoms with E-state index in [0.29, 0.717) is 12.0 Å². The fraction of sp³-hybridized carbons (Fsp3) is 0.438. The Morgan fingerprint density at radius 3 is 2.90 bits per heavy atom. The van der Waals surface area contributed by atoms with Crippen molar-refractivity contribution >= 4 is 5.82 Å². The summed E-state index contributed by atoms with van der Waals surface area (Å²) in [6, 6.07) is 6.56. The lowest BCUT2D eigenvalue weighted by Gasteiger charge is -2.26. The molecule has 3 heterocycles. The Labute approximate surface area is 119 Å². The summed E-state index contributed by atoms with van der Waals surface area (Å²) in [6.07, 6.45) is 8.02. The average Bonchev–Trinajstić information content (AvgIpc) is 2.98. The van der Waals surface area contributed by atoms with Gasteiger partial charge in [0.15, 0.2) is 0 Å². The normalized spacial score (nSPS) is 18.8. The Kier molecular flexibility index (Phi) is 3.63. The van der Waals surface area contributed by atoms with Crippen molar-refractivity contribution < 1.29 is 0 Å². The summed E-state index contributed by atoms with van der Waals surface area (Å²) in [5.41, 5.74) is 1.27. The predicted molar refractivity (Wildman–Crippen MR) is 79.7 cm³/mol. The van der Waals surface area contributed by atoms with Gasteiger partial charge < -0.3 is 4.90 Å². The van der Waals surface area contributed by atoms with Gasteiger partial charge in [-0.2, -0.15) is 0 Å². The second-order valence-corrected chi connectivity index (χ2v) is 5.57. The third kappa shape index (κ3) is 2.50. The molecule has 1 saturated heterocycles. The van der Waals surface area contributed by atoms with Gasteiger partial charge in [-0.15, -0.1) is 0 Å². The average molecular weight is 268 g/mol. The maximum absolute atomic E-state index is 4.72. The van der Waals surface area contributed by atoms with E-state index < -0.39 is 0 Å². The summed E-state index contributed by atoms with van der Waals surface area (Å²) in [7, 11) is 0. The molecule has 0 spiro atoms. The zero-order valence-corrected chi connectivity index (χ0v) is 12.0. The van der Waals surface area contributed by atoms with Gasteiger partial charge in [-0.1, -0.05) is 19.9 Å². The largest absolute Gasteiger partial charge is 0.349 e. The van der Waals surface area contributed by atoms with Gasteiger partial charge in [-0.05, 0) is 30.5 Å². The minimum atomic E-state index is 0.356. The van der Waals surface area contributed by atoms with E-state index in [0.717, 1.165) is 24.6 Å². The SMILES string of the molecule is CC(C)c1nccc(N2CCCC2c2cccnc2)n1. The minimum absolute atomic E-state index is 0.356. The fourth-order valence-electron chi connectivity index (χ4n) is 2.76. The van der Waals surface area contributed by atoms with Crippen LogP contribution >= 0.6 is 0 Å². The number of hydrogen-bond donors (Lipinski definition) is 0. The van der Waals surface area contributed by atoms with Gasteiger partial charge in [0.2, 0.25) is 0 Å². The number of pyridine rings is 1. The Bertz CT molecular complexity index is 568. The lowest BCUT2D eigenvalue weighted by molar-refractivity contribution is 0.696. The van der Waals surface area contributed by atoms with Crippen LogP contribution < -0.4 is 4.90 Å². The summed E-state index contributed by atoms with van der Waals surface area (Å²) in [5, 5.41) is 0. The molecule has 104 valence electrons. The van der Waals surface area contributed by atoms with Crippen LogP contribution in [0.4, 0.5) is 5.82 Å². The van der Waals surface area contributed by atoms with E-state index in [-0.39, 0.29) is 0 Å². The van der Waals surface area contributed by atoms with Gasteiger partial charge in [-0.25, -0.2) is 9.97 Å². The third-order valence-electron chi connectivity index (χ3n) is 3.79. The van der Waals surface area contributed by atoms with Gasteiger partial charge in [0.25, 0.3) is 0 Å². The molecular formula is C16H20N4. The van der Waals surface area contributed by atoms with Gasteiger partial charge in [0.05, 0.1) is 6.04 Å². The fourth-order valence-corrected chi connectivity index (χ4v) is 2.76. The molecule has 0 bridgehead atoms. The molecule has 1 aliphatic heterocycles. The molecule has 4 heteroatoms. The molecule has 4 nitrogen and oxygen atoms in total. The summed E-state index contributed by atoms with van der Waals surface area (Å²) >= 11 is 0. The zero-order valence-electron chi connectivity index (χ0n) is 12.0. The van der Waals surface area contributed by atoms with E-state index in [4.69, 9.17) is 4.98 Å². The topological polar surface area (TPSA) is 41.9 Å². The van der Waals surface area contributed by atoms with Crippen LogP contribution in [0.25, 0.3) is 0 Å². The molecule has 0 aromatic carbocycles. The van der Waals surface area contributed by atoms with E-state index in [1.807, 2.05) is 30.7 Å². The Balaban J connectivity index is 1.91. The van der Waals surface area contributed by atoms with Crippen LogP contribution in [-0.2, 0) is 0 Å². The lowest BCUT2D eigenvalue weighted by atomic mass is 10.1. The molecule has 0 aliphatic carbocycles. The van der Waals surface area contributed by atoms with Crippen molar-refractivity contribution in [3.8, 4) is 0 Å². The number of nitrogens with zero attached hydrogens (tertiary/aromatic N) is 4. The molecule has 1 fully saturated rings. The van der Waals surface area contributed by atoms with Crippen LogP contribution in [0.2, 0.25) is 0 Å². The van der Waals surface area contributed by atoms with E-state index in [1.165, 1.54) is 12.0 Å². The molecular weight excluding hydrogens is 248 g/mol. The first kappa shape index (κ1) is 13.0. The van der Waals surface area contributed by atoms with Gasteiger partial charge in [-0.3, -0.25) is 4.98 Å². The number of rotatable bonds is 3. The number of hydrogen-bond acceptors (Lipinski definition) is 4. The van der Waals surface area contributed by atoms with Gasteiger partial charge in [0, 0.05) is 31.1 Å². The van der Waals surface area contributed by atoms with Crippen LogP contribution in [0.5, 0.6) is 0 Å². The van der Waals surface area contributed by atoms with Crippen LogP contribution in [0.15, 0.2) is 36.8 Å². The van der Waals surface area contributed by atoms with Gasteiger partial charge in [0.1, 0.15) is 11.6 Å². The first-order chi connectivity index (χ1) is 9.75. The first-order valence-electron chi connectivity index (χ1n) is 7.25. The summed E-state index contributed by atoms with van der Waals surface area (Å²) in [5.74, 6) is 2.31. The molecule has 1 unspecified atom stereocenters. The van der Waals surface area contributed by atoms with E-state index in [1.54, 1.807) is 0 Å². The molecule has 3 rings (SSSR count). The first-order valence-corrected chi connectivity index (χ1v) is 7.25. The van der Waals surface area contributed by atoms with Crippen LogP contribution in [0.1, 0.15) is 50.0 Å². The summed E-state index contributed by atoms with van der Waals surface area (Å²) < 4.78 is 0. The maximum Gasteiger partial charge on any atom is 0.133 e. The van der Waals surface area contributed by atoms with Gasteiger partial charge >= 0.3 is 0 Å². The predicted octanol–water partition coefficient (Wildman–Crippen LogP) is 3.34.